The number of amides is 1. The molecular weight excluding hydrogens is 404 g/mol. The molecule has 0 atom stereocenters. The fourth-order valence-corrected chi connectivity index (χ4v) is 2.81. The van der Waals surface area contributed by atoms with Crippen LogP contribution in [0.15, 0.2) is 82.1 Å². The summed E-state index contributed by atoms with van der Waals surface area (Å²) >= 11 is 0. The van der Waals surface area contributed by atoms with Crippen LogP contribution in [0.4, 0.5) is 11.4 Å². The maximum atomic E-state index is 12.9. The standard InChI is InChI=1S/C21H14N4O6/c26-20(22-14-6-4-5-13(11-14)19-23-21(27)31-24-19)17-12-15(25(28)29)9-10-18(17)30-16-7-2-1-3-8-16/h1-12H,(H,22,26)(H,23,24,27). The molecule has 0 saturated heterocycles. The van der Waals surface area contributed by atoms with Crippen LogP contribution in [-0.2, 0) is 0 Å². The van der Waals surface area contributed by atoms with Gasteiger partial charge in [-0.05, 0) is 30.3 Å². The molecule has 0 unspecified atom stereocenters. The largest absolute Gasteiger partial charge is 0.457 e. The summed E-state index contributed by atoms with van der Waals surface area (Å²) in [6.45, 7) is 0. The van der Waals surface area contributed by atoms with E-state index in [4.69, 9.17) is 4.74 Å². The molecule has 4 aromatic rings. The first-order valence-electron chi connectivity index (χ1n) is 8.99. The highest BCUT2D eigenvalue weighted by molar-refractivity contribution is 6.06. The lowest BCUT2D eigenvalue weighted by molar-refractivity contribution is -0.384. The third-order valence-electron chi connectivity index (χ3n) is 4.22. The number of para-hydroxylation sites is 1. The predicted octanol–water partition coefficient (Wildman–Crippen LogP) is 3.98. The zero-order valence-electron chi connectivity index (χ0n) is 15.8. The number of nitrogens with zero attached hydrogens (tertiary/aromatic N) is 2. The average Bonchev–Trinajstić information content (AvgIpc) is 3.21. The second-order valence-corrected chi connectivity index (χ2v) is 6.33. The highest BCUT2D eigenvalue weighted by Gasteiger charge is 2.19. The minimum absolute atomic E-state index is 0.0155. The molecule has 2 N–H and O–H groups in total. The van der Waals surface area contributed by atoms with Crippen LogP contribution in [0, 0.1) is 10.1 Å². The van der Waals surface area contributed by atoms with Crippen molar-refractivity contribution in [2.45, 2.75) is 0 Å². The minimum Gasteiger partial charge on any atom is -0.457 e. The number of non-ortho nitro benzene ring substituents is 1. The smallest absolute Gasteiger partial charge is 0.439 e. The molecule has 0 aliphatic carbocycles. The molecule has 0 aliphatic heterocycles. The van der Waals surface area contributed by atoms with Crippen LogP contribution >= 0.6 is 0 Å². The fourth-order valence-electron chi connectivity index (χ4n) is 2.81. The summed E-state index contributed by atoms with van der Waals surface area (Å²) in [6, 6.07) is 19.0. The van der Waals surface area contributed by atoms with Crippen molar-refractivity contribution < 1.29 is 19.0 Å². The summed E-state index contributed by atoms with van der Waals surface area (Å²) in [4.78, 5) is 37.1. The van der Waals surface area contributed by atoms with Gasteiger partial charge in [0.25, 0.3) is 11.6 Å². The summed E-state index contributed by atoms with van der Waals surface area (Å²) in [5.74, 6) is -0.484. The maximum Gasteiger partial charge on any atom is 0.439 e. The zero-order chi connectivity index (χ0) is 21.8. The number of hydrogen-bond acceptors (Lipinski definition) is 7. The number of aromatic amines is 1. The second-order valence-electron chi connectivity index (χ2n) is 6.33. The number of hydrogen-bond donors (Lipinski definition) is 2. The number of benzene rings is 3. The number of H-pyrrole nitrogens is 1. The first-order valence-corrected chi connectivity index (χ1v) is 8.99. The quantitative estimate of drug-likeness (QED) is 0.356. The van der Waals surface area contributed by atoms with Gasteiger partial charge in [0, 0.05) is 23.4 Å². The molecule has 0 spiro atoms. The van der Waals surface area contributed by atoms with Crippen molar-refractivity contribution in [1.82, 2.24) is 10.1 Å². The van der Waals surface area contributed by atoms with Gasteiger partial charge in [0.15, 0.2) is 5.82 Å². The van der Waals surface area contributed by atoms with Gasteiger partial charge in [0.1, 0.15) is 11.5 Å². The van der Waals surface area contributed by atoms with Crippen LogP contribution in [-0.4, -0.2) is 21.0 Å². The van der Waals surface area contributed by atoms with Crippen LogP contribution < -0.4 is 15.8 Å². The lowest BCUT2D eigenvalue weighted by Gasteiger charge is -2.12. The Labute approximate surface area is 174 Å². The van der Waals surface area contributed by atoms with E-state index < -0.39 is 16.6 Å². The molecule has 10 heteroatoms. The number of carbonyl (C=O) groups excluding carboxylic acids is 1. The highest BCUT2D eigenvalue weighted by atomic mass is 16.6. The average molecular weight is 418 g/mol. The van der Waals surface area contributed by atoms with Crippen molar-refractivity contribution >= 4 is 17.3 Å². The van der Waals surface area contributed by atoms with Crippen LogP contribution in [0.1, 0.15) is 10.4 Å². The molecule has 4 rings (SSSR count). The van der Waals surface area contributed by atoms with E-state index >= 15 is 0 Å². The van der Waals surface area contributed by atoms with Gasteiger partial charge in [0.05, 0.1) is 10.5 Å². The monoisotopic (exact) mass is 418 g/mol. The molecule has 1 aromatic heterocycles. The lowest BCUT2D eigenvalue weighted by Crippen LogP contribution is -2.13. The van der Waals surface area contributed by atoms with Crippen molar-refractivity contribution in [2.75, 3.05) is 5.32 Å². The topological polar surface area (TPSA) is 140 Å². The molecule has 3 aromatic carbocycles. The van der Waals surface area contributed by atoms with E-state index in [0.29, 0.717) is 17.0 Å². The van der Waals surface area contributed by atoms with Crippen molar-refractivity contribution in [2.24, 2.45) is 0 Å². The first kappa shape index (κ1) is 19.6. The Morgan fingerprint density at radius 3 is 2.58 bits per heavy atom. The maximum absolute atomic E-state index is 12.9. The number of ether oxygens (including phenoxy) is 1. The Morgan fingerprint density at radius 2 is 1.87 bits per heavy atom. The van der Waals surface area contributed by atoms with Gasteiger partial charge < -0.3 is 10.1 Å². The van der Waals surface area contributed by atoms with Crippen LogP contribution in [0.2, 0.25) is 0 Å². The van der Waals surface area contributed by atoms with Gasteiger partial charge in [-0.3, -0.25) is 24.4 Å². The lowest BCUT2D eigenvalue weighted by atomic mass is 10.1. The SMILES string of the molecule is O=C(Nc1cccc(-c2noc(=O)[nH]2)c1)c1cc([N+](=O)[O-])ccc1Oc1ccccc1. The Hall–Kier alpha value is -4.73. The molecule has 0 radical (unpaired) electrons. The Bertz CT molecular complexity index is 1310. The molecule has 1 heterocycles. The normalized spacial score (nSPS) is 10.5. The molecule has 10 nitrogen and oxygen atoms in total. The molecule has 0 bridgehead atoms. The molecular formula is C21H14N4O6. The van der Waals surface area contributed by atoms with Crippen LogP contribution in [0.3, 0.4) is 0 Å². The molecule has 0 fully saturated rings. The van der Waals surface area contributed by atoms with Gasteiger partial charge in [-0.25, -0.2) is 4.79 Å². The van der Waals surface area contributed by atoms with E-state index in [1.807, 2.05) is 6.07 Å². The third-order valence-corrected chi connectivity index (χ3v) is 4.22. The summed E-state index contributed by atoms with van der Waals surface area (Å²) in [5, 5.41) is 17.5. The van der Waals surface area contributed by atoms with E-state index in [0.717, 1.165) is 6.07 Å². The van der Waals surface area contributed by atoms with E-state index in [2.05, 4.69) is 20.0 Å². The molecule has 0 saturated carbocycles. The summed E-state index contributed by atoms with van der Waals surface area (Å²) in [6.07, 6.45) is 0. The molecule has 154 valence electrons. The Kier molecular flexibility index (Phi) is 5.26. The number of aromatic nitrogens is 2. The second kappa shape index (κ2) is 8.33. The van der Waals surface area contributed by atoms with Crippen molar-refractivity contribution in [1.29, 1.82) is 0 Å². The third kappa shape index (κ3) is 4.48. The number of rotatable bonds is 6. The molecule has 1 amide bonds. The summed E-state index contributed by atoms with van der Waals surface area (Å²) in [5.41, 5.74) is 0.616. The van der Waals surface area contributed by atoms with Gasteiger partial charge in [-0.15, -0.1) is 0 Å². The summed E-state index contributed by atoms with van der Waals surface area (Å²) < 4.78 is 10.2. The Balaban J connectivity index is 1.65. The van der Waals surface area contributed by atoms with Crippen LogP contribution in [0.25, 0.3) is 11.4 Å². The van der Waals surface area contributed by atoms with E-state index in [9.17, 15) is 19.7 Å². The van der Waals surface area contributed by atoms with E-state index in [-0.39, 0.29) is 22.8 Å². The van der Waals surface area contributed by atoms with Gasteiger partial charge >= 0.3 is 5.76 Å². The number of anilines is 1. The van der Waals surface area contributed by atoms with Crippen molar-refractivity contribution in [3.05, 3.63) is 99.0 Å². The van der Waals surface area contributed by atoms with E-state index in [1.165, 1.54) is 12.1 Å². The number of nitro groups is 1. The number of nitro benzene ring substituents is 1. The van der Waals surface area contributed by atoms with Gasteiger partial charge in [-0.2, -0.15) is 0 Å². The molecule has 31 heavy (non-hydrogen) atoms. The predicted molar refractivity (Wildman–Crippen MR) is 110 cm³/mol. The Morgan fingerprint density at radius 1 is 1.06 bits per heavy atom. The highest BCUT2D eigenvalue weighted by Crippen LogP contribution is 2.30. The van der Waals surface area contributed by atoms with Crippen molar-refractivity contribution in [3.8, 4) is 22.9 Å². The number of carbonyl (C=O) groups is 1. The summed E-state index contributed by atoms with van der Waals surface area (Å²) in [7, 11) is 0. The van der Waals surface area contributed by atoms with Gasteiger partial charge in [0.2, 0.25) is 0 Å². The number of nitrogens with one attached hydrogen (secondary N) is 2. The first-order chi connectivity index (χ1) is 15.0. The molecule has 0 aliphatic rings. The minimum atomic E-state index is -0.705. The van der Waals surface area contributed by atoms with Crippen molar-refractivity contribution in [3.63, 3.8) is 0 Å². The van der Waals surface area contributed by atoms with E-state index in [1.54, 1.807) is 48.5 Å². The zero-order valence-corrected chi connectivity index (χ0v) is 15.8. The fraction of sp³-hybridized carbons (Fsp3) is 0. The van der Waals surface area contributed by atoms with Crippen LogP contribution in [0.5, 0.6) is 11.5 Å². The van der Waals surface area contributed by atoms with Gasteiger partial charge in [-0.1, -0.05) is 35.5 Å².